The first-order valence-electron chi connectivity index (χ1n) is 7.60. The van der Waals surface area contributed by atoms with Gasteiger partial charge in [0.2, 0.25) is 0 Å². The van der Waals surface area contributed by atoms with Crippen molar-refractivity contribution in [2.75, 3.05) is 0 Å². The van der Waals surface area contributed by atoms with Gasteiger partial charge in [-0.2, -0.15) is 0 Å². The van der Waals surface area contributed by atoms with E-state index in [0.717, 1.165) is 9.04 Å². The molecule has 0 aliphatic rings. The van der Waals surface area contributed by atoms with Crippen LogP contribution < -0.4 is 11.2 Å². The molecule has 4 rings (SSSR count). The van der Waals surface area contributed by atoms with Crippen molar-refractivity contribution in [2.45, 2.75) is 0 Å². The van der Waals surface area contributed by atoms with E-state index in [1.54, 1.807) is 36.5 Å². The van der Waals surface area contributed by atoms with E-state index in [1.807, 2.05) is 30.3 Å². The van der Waals surface area contributed by atoms with Gasteiger partial charge in [-0.25, -0.2) is 9.36 Å². The lowest BCUT2D eigenvalue weighted by molar-refractivity contribution is 0.831. The molecule has 0 saturated heterocycles. The van der Waals surface area contributed by atoms with Crippen LogP contribution in [0.1, 0.15) is 0 Å². The molecule has 4 aromatic rings. The molecule has 0 unspecified atom stereocenters. The summed E-state index contributed by atoms with van der Waals surface area (Å²) in [6.07, 6.45) is 3.10. The zero-order valence-corrected chi connectivity index (χ0v) is 14.6. The third kappa shape index (κ3) is 2.60. The Morgan fingerprint density at radius 3 is 2.32 bits per heavy atom. The van der Waals surface area contributed by atoms with Crippen LogP contribution in [-0.4, -0.2) is 14.1 Å². The summed E-state index contributed by atoms with van der Waals surface area (Å²) in [7, 11) is 0. The number of para-hydroxylation sites is 1. The molecule has 25 heavy (non-hydrogen) atoms. The van der Waals surface area contributed by atoms with Crippen molar-refractivity contribution in [3.05, 3.63) is 98.4 Å². The number of nitrogens with zero attached hydrogens (tertiary/aromatic N) is 3. The Morgan fingerprint density at radius 1 is 0.840 bits per heavy atom. The number of pyridine rings is 1. The van der Waals surface area contributed by atoms with Crippen LogP contribution in [0.2, 0.25) is 0 Å². The van der Waals surface area contributed by atoms with E-state index in [4.69, 9.17) is 0 Å². The average molecular weight is 394 g/mol. The summed E-state index contributed by atoms with van der Waals surface area (Å²) < 4.78 is 3.48. The van der Waals surface area contributed by atoms with Gasteiger partial charge in [-0.3, -0.25) is 14.3 Å². The molecule has 0 aliphatic heterocycles. The molecule has 0 spiro atoms. The highest BCUT2D eigenvalue weighted by Gasteiger charge is 2.16. The number of hydrogen-bond donors (Lipinski definition) is 0. The van der Waals surface area contributed by atoms with Crippen LogP contribution in [0.5, 0.6) is 0 Å². The van der Waals surface area contributed by atoms with Crippen LogP contribution in [0.4, 0.5) is 0 Å². The summed E-state index contributed by atoms with van der Waals surface area (Å²) in [5, 5.41) is 0.454. The number of benzene rings is 2. The molecule has 0 fully saturated rings. The molecule has 2 heterocycles. The molecule has 2 aromatic carbocycles. The Labute approximate surface area is 150 Å². The van der Waals surface area contributed by atoms with E-state index in [0.29, 0.717) is 22.3 Å². The fourth-order valence-electron chi connectivity index (χ4n) is 2.82. The monoisotopic (exact) mass is 393 g/mol. The number of fused-ring (bicyclic) bond motifs is 1. The first-order chi connectivity index (χ1) is 12.2. The Morgan fingerprint density at radius 2 is 1.60 bits per heavy atom. The van der Waals surface area contributed by atoms with Gasteiger partial charge in [0.1, 0.15) is 0 Å². The molecule has 0 atom stereocenters. The van der Waals surface area contributed by atoms with Gasteiger partial charge in [-0.15, -0.1) is 0 Å². The first-order valence-corrected chi connectivity index (χ1v) is 8.39. The molecule has 0 aliphatic carbocycles. The van der Waals surface area contributed by atoms with Gasteiger partial charge in [0.15, 0.2) is 0 Å². The topological polar surface area (TPSA) is 56.9 Å². The van der Waals surface area contributed by atoms with Gasteiger partial charge in [-0.05, 0) is 42.5 Å². The Bertz CT molecular complexity index is 1180. The second-order valence-corrected chi connectivity index (χ2v) is 6.38. The van der Waals surface area contributed by atoms with Crippen LogP contribution in [0.15, 0.2) is 87.1 Å². The van der Waals surface area contributed by atoms with Gasteiger partial charge in [0, 0.05) is 10.7 Å². The lowest BCUT2D eigenvalue weighted by Gasteiger charge is -2.14. The Kier molecular flexibility index (Phi) is 3.82. The van der Waals surface area contributed by atoms with Crippen molar-refractivity contribution in [3.63, 3.8) is 0 Å². The molecule has 5 nitrogen and oxygen atoms in total. The fourth-order valence-corrected chi connectivity index (χ4v) is 3.17. The Balaban J connectivity index is 2.22. The molecule has 2 aromatic heterocycles. The minimum absolute atomic E-state index is 0.368. The molecule has 0 amide bonds. The zero-order chi connectivity index (χ0) is 17.4. The molecule has 122 valence electrons. The minimum atomic E-state index is -0.435. The van der Waals surface area contributed by atoms with E-state index < -0.39 is 5.69 Å². The smallest absolute Gasteiger partial charge is 0.268 e. The molecular formula is C19H12BrN3O2. The van der Waals surface area contributed by atoms with Crippen molar-refractivity contribution < 1.29 is 0 Å². The highest BCUT2D eigenvalue weighted by atomic mass is 79.9. The van der Waals surface area contributed by atoms with Crippen LogP contribution in [0.25, 0.3) is 22.3 Å². The third-order valence-electron chi connectivity index (χ3n) is 3.94. The zero-order valence-electron chi connectivity index (χ0n) is 13.0. The van der Waals surface area contributed by atoms with Crippen molar-refractivity contribution in [2.24, 2.45) is 0 Å². The lowest BCUT2D eigenvalue weighted by atomic mass is 10.2. The summed E-state index contributed by atoms with van der Waals surface area (Å²) in [5.41, 5.74) is 0.874. The molecular weight excluding hydrogens is 382 g/mol. The van der Waals surface area contributed by atoms with Crippen LogP contribution in [-0.2, 0) is 0 Å². The predicted molar refractivity (Wildman–Crippen MR) is 101 cm³/mol. The number of halogens is 1. The summed E-state index contributed by atoms with van der Waals surface area (Å²) in [6, 6.07) is 17.9. The van der Waals surface area contributed by atoms with Crippen LogP contribution in [0, 0.1) is 0 Å². The molecule has 0 bridgehead atoms. The van der Waals surface area contributed by atoms with Crippen molar-refractivity contribution in [1.82, 2.24) is 14.1 Å². The van der Waals surface area contributed by atoms with E-state index in [9.17, 15) is 9.59 Å². The van der Waals surface area contributed by atoms with E-state index in [-0.39, 0.29) is 5.56 Å². The van der Waals surface area contributed by atoms with Gasteiger partial charge in [-0.1, -0.05) is 34.1 Å². The van der Waals surface area contributed by atoms with Gasteiger partial charge >= 0.3 is 5.69 Å². The highest BCUT2D eigenvalue weighted by Crippen LogP contribution is 2.19. The van der Waals surface area contributed by atoms with Crippen LogP contribution >= 0.6 is 15.9 Å². The van der Waals surface area contributed by atoms with Crippen molar-refractivity contribution in [1.29, 1.82) is 0 Å². The first kappa shape index (κ1) is 15.5. The fraction of sp³-hybridized carbons (Fsp3) is 0. The Hall–Kier alpha value is -2.99. The number of hydrogen-bond acceptors (Lipinski definition) is 3. The molecule has 0 radical (unpaired) electrons. The van der Waals surface area contributed by atoms with E-state index >= 15 is 0 Å². The largest absolute Gasteiger partial charge is 0.340 e. The quantitative estimate of drug-likeness (QED) is 0.524. The van der Waals surface area contributed by atoms with Gasteiger partial charge in [0.25, 0.3) is 5.56 Å². The van der Waals surface area contributed by atoms with Crippen molar-refractivity contribution in [3.8, 4) is 11.4 Å². The van der Waals surface area contributed by atoms with Gasteiger partial charge < -0.3 is 0 Å². The maximum Gasteiger partial charge on any atom is 0.340 e. The van der Waals surface area contributed by atoms with E-state index in [1.165, 1.54) is 10.8 Å². The second kappa shape index (κ2) is 6.14. The normalized spacial score (nSPS) is 10.9. The van der Waals surface area contributed by atoms with Crippen molar-refractivity contribution >= 4 is 26.8 Å². The number of rotatable bonds is 2. The predicted octanol–water partition coefficient (Wildman–Crippen LogP) is 3.30. The summed E-state index contributed by atoms with van der Waals surface area (Å²) in [6.45, 7) is 0. The third-order valence-corrected chi connectivity index (χ3v) is 4.43. The minimum Gasteiger partial charge on any atom is -0.268 e. The van der Waals surface area contributed by atoms with E-state index in [2.05, 4.69) is 20.9 Å². The summed E-state index contributed by atoms with van der Waals surface area (Å²) >= 11 is 3.42. The SMILES string of the molecule is O=c1c2ccc(Br)cc2n(-c2ccccc2)c(=O)n1-c1cccnc1. The molecule has 0 saturated carbocycles. The highest BCUT2D eigenvalue weighted by molar-refractivity contribution is 9.10. The standard InChI is InChI=1S/C19H12BrN3O2/c20-13-8-9-16-17(11-13)22(14-5-2-1-3-6-14)19(25)23(18(16)24)15-7-4-10-21-12-15/h1-12H. The van der Waals surface area contributed by atoms with Crippen LogP contribution in [0.3, 0.4) is 0 Å². The summed E-state index contributed by atoms with van der Waals surface area (Å²) in [4.78, 5) is 30.2. The van der Waals surface area contributed by atoms with Gasteiger partial charge in [0.05, 0.1) is 28.5 Å². The maximum absolute atomic E-state index is 13.2. The second-order valence-electron chi connectivity index (χ2n) is 5.47. The molecule has 0 N–H and O–H groups in total. The summed E-state index contributed by atoms with van der Waals surface area (Å²) in [5.74, 6) is 0. The molecule has 6 heteroatoms. The lowest BCUT2D eigenvalue weighted by Crippen LogP contribution is -2.38. The maximum atomic E-state index is 13.2. The average Bonchev–Trinajstić information content (AvgIpc) is 2.63. The number of aromatic nitrogens is 3.